The normalized spacial score (nSPS) is 11.0. The third-order valence-corrected chi connectivity index (χ3v) is 6.61. The first-order valence-corrected chi connectivity index (χ1v) is 12.4. The number of anilines is 2. The van der Waals surface area contributed by atoms with Gasteiger partial charge in [-0.25, -0.2) is 17.6 Å². The summed E-state index contributed by atoms with van der Waals surface area (Å²) in [4.78, 5) is 25.5. The maximum atomic E-state index is 13.5. The predicted molar refractivity (Wildman–Crippen MR) is 126 cm³/mol. The smallest absolute Gasteiger partial charge is 0.340 e. The predicted octanol–water partition coefficient (Wildman–Crippen LogP) is 4.45. The second-order valence-corrected chi connectivity index (χ2v) is 9.48. The minimum Gasteiger partial charge on any atom is -0.452 e. The number of hydrogen-bond acceptors (Lipinski definition) is 6. The number of nitrogens with one attached hydrogen (secondary N) is 2. The zero-order chi connectivity index (χ0) is 24.0. The number of rotatable bonds is 8. The summed E-state index contributed by atoms with van der Waals surface area (Å²) in [6.07, 6.45) is 1.91. The van der Waals surface area contributed by atoms with Crippen LogP contribution in [-0.2, 0) is 19.6 Å². The Morgan fingerprint density at radius 3 is 2.52 bits per heavy atom. The monoisotopic (exact) mass is 488 g/mol. The number of halogens is 1. The van der Waals surface area contributed by atoms with E-state index in [1.165, 1.54) is 49.0 Å². The van der Waals surface area contributed by atoms with Crippen LogP contribution in [0.15, 0.2) is 76.5 Å². The van der Waals surface area contributed by atoms with Gasteiger partial charge >= 0.3 is 5.97 Å². The van der Waals surface area contributed by atoms with Gasteiger partial charge in [0.25, 0.3) is 15.9 Å². The summed E-state index contributed by atoms with van der Waals surface area (Å²) in [5, 5.41) is 2.64. The topological polar surface area (TPSA) is 102 Å². The zero-order valence-electron chi connectivity index (χ0n) is 17.8. The Bertz CT molecular complexity index is 1300. The molecule has 0 unspecified atom stereocenters. The molecular formula is C23H21FN2O5S2. The highest BCUT2D eigenvalue weighted by Gasteiger charge is 2.20. The number of benzene rings is 3. The van der Waals surface area contributed by atoms with Crippen LogP contribution in [0.1, 0.15) is 15.9 Å². The van der Waals surface area contributed by atoms with Crippen molar-refractivity contribution < 1.29 is 27.1 Å². The number of para-hydroxylation sites is 1. The number of carbonyl (C=O) groups is 2. The van der Waals surface area contributed by atoms with E-state index >= 15 is 0 Å². The lowest BCUT2D eigenvalue weighted by Crippen LogP contribution is -2.22. The van der Waals surface area contributed by atoms with Crippen molar-refractivity contribution in [1.29, 1.82) is 0 Å². The summed E-state index contributed by atoms with van der Waals surface area (Å²) >= 11 is 1.52. The molecule has 0 saturated carbocycles. The average Bonchev–Trinajstić information content (AvgIpc) is 2.79. The standard InChI is InChI=1S/C23H21FN2O5S2/c1-15-12-18(10-11-20(15)24)33(29,30)26-21-9-4-3-8-19(21)23(28)31-14-22(27)25-16-6-5-7-17(13-16)32-2/h3-13,26H,14H2,1-2H3,(H,25,27). The highest BCUT2D eigenvalue weighted by Crippen LogP contribution is 2.23. The van der Waals surface area contributed by atoms with E-state index in [0.717, 1.165) is 17.0 Å². The Balaban J connectivity index is 1.69. The molecule has 0 aliphatic heterocycles. The molecule has 10 heteroatoms. The third kappa shape index (κ3) is 6.33. The molecule has 3 aromatic carbocycles. The number of aryl methyl sites for hydroxylation is 1. The summed E-state index contributed by atoms with van der Waals surface area (Å²) in [5.74, 6) is -1.95. The second-order valence-electron chi connectivity index (χ2n) is 6.92. The SMILES string of the molecule is CSc1cccc(NC(=O)COC(=O)c2ccccc2NS(=O)(=O)c2ccc(F)c(C)c2)c1. The van der Waals surface area contributed by atoms with Crippen molar-refractivity contribution in [1.82, 2.24) is 0 Å². The van der Waals surface area contributed by atoms with Gasteiger partial charge in [0.05, 0.1) is 16.1 Å². The third-order valence-electron chi connectivity index (χ3n) is 4.52. The molecule has 0 heterocycles. The molecular weight excluding hydrogens is 467 g/mol. The highest BCUT2D eigenvalue weighted by molar-refractivity contribution is 7.98. The van der Waals surface area contributed by atoms with Gasteiger partial charge in [0.1, 0.15) is 5.82 Å². The second kappa shape index (κ2) is 10.5. The lowest BCUT2D eigenvalue weighted by molar-refractivity contribution is -0.119. The number of amides is 1. The Labute approximate surface area is 195 Å². The van der Waals surface area contributed by atoms with Gasteiger partial charge in [-0.05, 0) is 67.3 Å². The van der Waals surface area contributed by atoms with Crippen LogP contribution in [0, 0.1) is 12.7 Å². The largest absolute Gasteiger partial charge is 0.452 e. The fourth-order valence-electron chi connectivity index (χ4n) is 2.84. The molecule has 0 atom stereocenters. The highest BCUT2D eigenvalue weighted by atomic mass is 32.2. The van der Waals surface area contributed by atoms with Crippen LogP contribution >= 0.6 is 11.8 Å². The van der Waals surface area contributed by atoms with E-state index < -0.39 is 34.3 Å². The van der Waals surface area contributed by atoms with Crippen molar-refractivity contribution in [2.75, 3.05) is 22.9 Å². The van der Waals surface area contributed by atoms with Gasteiger partial charge in [-0.1, -0.05) is 18.2 Å². The van der Waals surface area contributed by atoms with Crippen molar-refractivity contribution in [3.63, 3.8) is 0 Å². The molecule has 7 nitrogen and oxygen atoms in total. The molecule has 3 rings (SSSR count). The summed E-state index contributed by atoms with van der Waals surface area (Å²) in [7, 11) is -4.09. The van der Waals surface area contributed by atoms with E-state index in [1.807, 2.05) is 12.3 Å². The summed E-state index contributed by atoms with van der Waals surface area (Å²) < 4.78 is 46.3. The zero-order valence-corrected chi connectivity index (χ0v) is 19.4. The molecule has 2 N–H and O–H groups in total. The van der Waals surface area contributed by atoms with E-state index in [1.54, 1.807) is 18.2 Å². The van der Waals surface area contributed by atoms with Crippen molar-refractivity contribution in [3.8, 4) is 0 Å². The molecule has 0 aromatic heterocycles. The minimum absolute atomic E-state index is 0.0300. The van der Waals surface area contributed by atoms with Crippen LogP contribution in [-0.4, -0.2) is 33.2 Å². The molecule has 0 saturated heterocycles. The first-order chi connectivity index (χ1) is 15.7. The summed E-state index contributed by atoms with van der Waals surface area (Å²) in [6.45, 7) is 0.891. The van der Waals surface area contributed by atoms with Gasteiger partial charge in [-0.3, -0.25) is 9.52 Å². The maximum absolute atomic E-state index is 13.5. The summed E-state index contributed by atoms with van der Waals surface area (Å²) in [6, 6.07) is 16.4. The van der Waals surface area contributed by atoms with E-state index in [-0.39, 0.29) is 21.7 Å². The van der Waals surface area contributed by atoms with Crippen LogP contribution in [0.3, 0.4) is 0 Å². The van der Waals surface area contributed by atoms with Crippen LogP contribution in [0.5, 0.6) is 0 Å². The van der Waals surface area contributed by atoms with Gasteiger partial charge in [-0.2, -0.15) is 0 Å². The van der Waals surface area contributed by atoms with E-state index in [2.05, 4.69) is 10.0 Å². The van der Waals surface area contributed by atoms with Crippen LogP contribution in [0.2, 0.25) is 0 Å². The fourth-order valence-corrected chi connectivity index (χ4v) is 4.47. The molecule has 0 bridgehead atoms. The molecule has 0 aliphatic rings. The van der Waals surface area contributed by atoms with Gasteiger partial charge in [0.15, 0.2) is 6.61 Å². The maximum Gasteiger partial charge on any atom is 0.340 e. The van der Waals surface area contributed by atoms with Crippen LogP contribution < -0.4 is 10.0 Å². The first kappa shape index (κ1) is 24.3. The molecule has 172 valence electrons. The Morgan fingerprint density at radius 1 is 1.03 bits per heavy atom. The summed E-state index contributed by atoms with van der Waals surface area (Å²) in [5.41, 5.74) is 0.625. The number of carbonyl (C=O) groups excluding carboxylic acids is 2. The van der Waals surface area contributed by atoms with E-state index in [0.29, 0.717) is 5.69 Å². The van der Waals surface area contributed by atoms with Gasteiger partial charge < -0.3 is 10.1 Å². The minimum atomic E-state index is -4.09. The first-order valence-electron chi connectivity index (χ1n) is 9.68. The lowest BCUT2D eigenvalue weighted by atomic mass is 10.2. The number of esters is 1. The van der Waals surface area contributed by atoms with E-state index in [9.17, 15) is 22.4 Å². The Hall–Kier alpha value is -3.37. The van der Waals surface area contributed by atoms with Gasteiger partial charge in [-0.15, -0.1) is 11.8 Å². The number of ether oxygens (including phenoxy) is 1. The molecule has 1 amide bonds. The molecule has 0 aliphatic carbocycles. The van der Waals surface area contributed by atoms with Crippen molar-refractivity contribution in [2.45, 2.75) is 16.7 Å². The van der Waals surface area contributed by atoms with Crippen molar-refractivity contribution in [2.24, 2.45) is 0 Å². The molecule has 0 fully saturated rings. The average molecular weight is 489 g/mol. The number of sulfonamides is 1. The number of hydrogen-bond donors (Lipinski definition) is 2. The Morgan fingerprint density at radius 2 is 1.79 bits per heavy atom. The van der Waals surface area contributed by atoms with Gasteiger partial charge in [0.2, 0.25) is 0 Å². The van der Waals surface area contributed by atoms with Crippen LogP contribution in [0.4, 0.5) is 15.8 Å². The Kier molecular flexibility index (Phi) is 7.72. The quantitative estimate of drug-likeness (QED) is 0.359. The number of thioether (sulfide) groups is 1. The lowest BCUT2D eigenvalue weighted by Gasteiger charge is -2.13. The van der Waals surface area contributed by atoms with Gasteiger partial charge in [0, 0.05) is 10.6 Å². The van der Waals surface area contributed by atoms with Crippen molar-refractivity contribution >= 4 is 45.0 Å². The molecule has 33 heavy (non-hydrogen) atoms. The molecule has 0 spiro atoms. The van der Waals surface area contributed by atoms with Crippen molar-refractivity contribution in [3.05, 3.63) is 83.7 Å². The molecule has 3 aromatic rings. The van der Waals surface area contributed by atoms with E-state index in [4.69, 9.17) is 4.74 Å². The molecule has 0 radical (unpaired) electrons. The fraction of sp³-hybridized carbons (Fsp3) is 0.130. The van der Waals surface area contributed by atoms with Crippen LogP contribution in [0.25, 0.3) is 0 Å².